The number of aryl methyl sites for hydroxylation is 1. The van der Waals surface area contributed by atoms with Gasteiger partial charge < -0.3 is 14.3 Å². The molecule has 0 amide bonds. The number of halogens is 1. The minimum Gasteiger partial charge on any atom is -0.454 e. The number of nitrogens with one attached hydrogen (secondary N) is 1. The van der Waals surface area contributed by atoms with Crippen molar-refractivity contribution in [2.45, 2.75) is 6.42 Å². The first-order valence-corrected chi connectivity index (χ1v) is 8.53. The van der Waals surface area contributed by atoms with Crippen molar-refractivity contribution in [3.05, 3.63) is 74.7 Å². The van der Waals surface area contributed by atoms with Crippen molar-refractivity contribution >= 4 is 33.1 Å². The van der Waals surface area contributed by atoms with E-state index < -0.39 is 4.92 Å². The van der Waals surface area contributed by atoms with Crippen molar-refractivity contribution in [2.24, 2.45) is 7.05 Å². The van der Waals surface area contributed by atoms with Crippen molar-refractivity contribution in [2.75, 3.05) is 11.9 Å². The monoisotopic (exact) mass is 418 g/mol. The van der Waals surface area contributed by atoms with Gasteiger partial charge in [-0.3, -0.25) is 14.9 Å². The maximum Gasteiger partial charge on any atom is 0.293 e. The number of rotatable bonds is 7. The summed E-state index contributed by atoms with van der Waals surface area (Å²) in [5, 5.41) is 14.4. The number of nitrogens with zero attached hydrogens (tertiary/aromatic N) is 3. The van der Waals surface area contributed by atoms with E-state index in [1.54, 1.807) is 29.9 Å². The number of carbonyl (C=O) groups excluding carboxylic acids is 1. The Kier molecular flexibility index (Phi) is 5.17. The second-order valence-corrected chi connectivity index (χ2v) is 6.34. The zero-order valence-corrected chi connectivity index (χ0v) is 15.4. The highest BCUT2D eigenvalue weighted by atomic mass is 79.9. The Morgan fingerprint density at radius 3 is 2.81 bits per heavy atom. The van der Waals surface area contributed by atoms with Gasteiger partial charge in [0.25, 0.3) is 5.69 Å². The summed E-state index contributed by atoms with van der Waals surface area (Å²) in [6.07, 6.45) is 3.71. The molecule has 134 valence electrons. The fraction of sp³-hybridized carbons (Fsp3) is 0.176. The Bertz CT molecular complexity index is 963. The lowest BCUT2D eigenvalue weighted by atomic mass is 10.1. The molecule has 1 N–H and O–H groups in total. The van der Waals surface area contributed by atoms with Crippen LogP contribution in [0.5, 0.6) is 0 Å². The summed E-state index contributed by atoms with van der Waals surface area (Å²) in [6, 6.07) is 7.97. The van der Waals surface area contributed by atoms with Crippen LogP contribution in [0.2, 0.25) is 0 Å². The molecule has 3 rings (SSSR count). The minimum absolute atomic E-state index is 0.161. The Morgan fingerprint density at radius 1 is 1.38 bits per heavy atom. The molecule has 0 unspecified atom stereocenters. The molecule has 26 heavy (non-hydrogen) atoms. The highest BCUT2D eigenvalue weighted by Crippen LogP contribution is 2.26. The zero-order valence-electron chi connectivity index (χ0n) is 13.8. The lowest BCUT2D eigenvalue weighted by Crippen LogP contribution is -2.11. The van der Waals surface area contributed by atoms with Crippen molar-refractivity contribution < 1.29 is 14.1 Å². The average Bonchev–Trinajstić information content (AvgIpc) is 3.22. The van der Waals surface area contributed by atoms with E-state index in [1.807, 2.05) is 6.07 Å². The maximum atomic E-state index is 12.5. The third-order valence-corrected chi connectivity index (χ3v) is 4.22. The molecule has 0 aliphatic rings. The SMILES string of the molecule is Cn1ccnc1C(=O)c1ccc(NCCc2ccc(Br)o2)c([N+](=O)[O-])c1. The third kappa shape index (κ3) is 3.83. The summed E-state index contributed by atoms with van der Waals surface area (Å²) in [5.41, 5.74) is 0.397. The van der Waals surface area contributed by atoms with E-state index in [0.29, 0.717) is 23.3 Å². The standard InChI is InChI=1S/C17H15BrN4O4/c1-21-9-8-20-17(21)16(23)11-2-4-13(14(10-11)22(24)25)19-7-6-12-3-5-15(18)26-12/h2-5,8-10,19H,6-7H2,1H3. The molecule has 2 heterocycles. The van der Waals surface area contributed by atoms with E-state index in [9.17, 15) is 14.9 Å². The van der Waals surface area contributed by atoms with Crippen LogP contribution >= 0.6 is 15.9 Å². The van der Waals surface area contributed by atoms with Crippen LogP contribution in [-0.2, 0) is 13.5 Å². The molecule has 0 spiro atoms. The predicted molar refractivity (Wildman–Crippen MR) is 98.3 cm³/mol. The molecule has 9 heteroatoms. The summed E-state index contributed by atoms with van der Waals surface area (Å²) < 4.78 is 7.60. The first-order chi connectivity index (χ1) is 12.5. The zero-order chi connectivity index (χ0) is 18.7. The van der Waals surface area contributed by atoms with Gasteiger partial charge in [-0.2, -0.15) is 0 Å². The van der Waals surface area contributed by atoms with Crippen LogP contribution in [0.4, 0.5) is 11.4 Å². The number of anilines is 1. The van der Waals surface area contributed by atoms with Crippen LogP contribution in [0.3, 0.4) is 0 Å². The number of benzene rings is 1. The van der Waals surface area contributed by atoms with Gasteiger partial charge in [0.05, 0.1) is 4.92 Å². The Labute approximate surface area is 157 Å². The molecule has 0 bridgehead atoms. The number of furan rings is 1. The van der Waals surface area contributed by atoms with E-state index in [0.717, 1.165) is 5.76 Å². The molecule has 0 saturated carbocycles. The summed E-state index contributed by atoms with van der Waals surface area (Å²) >= 11 is 3.23. The highest BCUT2D eigenvalue weighted by Gasteiger charge is 2.20. The van der Waals surface area contributed by atoms with E-state index in [-0.39, 0.29) is 22.9 Å². The van der Waals surface area contributed by atoms with Crippen molar-refractivity contribution in [1.29, 1.82) is 0 Å². The van der Waals surface area contributed by atoms with Gasteiger partial charge in [0.2, 0.25) is 5.78 Å². The fourth-order valence-electron chi connectivity index (χ4n) is 2.49. The largest absolute Gasteiger partial charge is 0.454 e. The number of aromatic nitrogens is 2. The third-order valence-electron chi connectivity index (χ3n) is 3.80. The topological polar surface area (TPSA) is 103 Å². The van der Waals surface area contributed by atoms with Gasteiger partial charge in [-0.05, 0) is 40.2 Å². The molecular formula is C17H15BrN4O4. The number of imidazole rings is 1. The Morgan fingerprint density at radius 2 is 2.19 bits per heavy atom. The lowest BCUT2D eigenvalue weighted by Gasteiger charge is -2.08. The van der Waals surface area contributed by atoms with Crippen molar-refractivity contribution in [1.82, 2.24) is 9.55 Å². The summed E-state index contributed by atoms with van der Waals surface area (Å²) in [7, 11) is 1.69. The lowest BCUT2D eigenvalue weighted by molar-refractivity contribution is -0.384. The second-order valence-electron chi connectivity index (χ2n) is 5.56. The van der Waals surface area contributed by atoms with E-state index >= 15 is 0 Å². The molecule has 0 aliphatic heterocycles. The van der Waals surface area contributed by atoms with Gasteiger partial charge in [0, 0.05) is 44.0 Å². The molecule has 8 nitrogen and oxygen atoms in total. The van der Waals surface area contributed by atoms with Crippen LogP contribution in [0.25, 0.3) is 0 Å². The second kappa shape index (κ2) is 7.52. The maximum absolute atomic E-state index is 12.5. The van der Waals surface area contributed by atoms with Gasteiger partial charge >= 0.3 is 0 Å². The molecule has 1 aromatic carbocycles. The molecular weight excluding hydrogens is 404 g/mol. The number of ketones is 1. The van der Waals surface area contributed by atoms with Gasteiger partial charge in [-0.15, -0.1) is 0 Å². The van der Waals surface area contributed by atoms with E-state index in [2.05, 4.69) is 26.2 Å². The summed E-state index contributed by atoms with van der Waals surface area (Å²) in [4.78, 5) is 27.3. The number of carbonyl (C=O) groups is 1. The van der Waals surface area contributed by atoms with Gasteiger partial charge in [-0.1, -0.05) is 0 Å². The van der Waals surface area contributed by atoms with Crippen molar-refractivity contribution in [3.63, 3.8) is 0 Å². The molecule has 0 aliphatic carbocycles. The predicted octanol–water partition coefficient (Wildman–Crippen LogP) is 3.57. The minimum atomic E-state index is -0.513. The van der Waals surface area contributed by atoms with Gasteiger partial charge in [-0.25, -0.2) is 4.98 Å². The molecule has 0 saturated heterocycles. The van der Waals surface area contributed by atoms with Crippen LogP contribution in [0.1, 0.15) is 21.9 Å². The first-order valence-electron chi connectivity index (χ1n) is 7.74. The van der Waals surface area contributed by atoms with Crippen LogP contribution in [0.15, 0.2) is 51.8 Å². The molecule has 2 aromatic heterocycles. The number of hydrogen-bond acceptors (Lipinski definition) is 6. The Balaban J connectivity index is 1.77. The normalized spacial score (nSPS) is 10.7. The highest BCUT2D eigenvalue weighted by molar-refractivity contribution is 9.10. The smallest absolute Gasteiger partial charge is 0.293 e. The number of nitro groups is 1. The molecule has 3 aromatic rings. The number of hydrogen-bond donors (Lipinski definition) is 1. The number of nitro benzene ring substituents is 1. The van der Waals surface area contributed by atoms with Crippen molar-refractivity contribution in [3.8, 4) is 0 Å². The molecule has 0 atom stereocenters. The van der Waals surface area contributed by atoms with E-state index in [4.69, 9.17) is 4.42 Å². The quantitative estimate of drug-likeness (QED) is 0.357. The fourth-order valence-corrected chi connectivity index (χ4v) is 2.83. The average molecular weight is 419 g/mol. The van der Waals surface area contributed by atoms with Gasteiger partial charge in [0.15, 0.2) is 10.5 Å². The van der Waals surface area contributed by atoms with E-state index in [1.165, 1.54) is 18.3 Å². The van der Waals surface area contributed by atoms with Crippen LogP contribution in [0, 0.1) is 10.1 Å². The Hall–Kier alpha value is -2.94. The summed E-state index contributed by atoms with van der Waals surface area (Å²) in [6.45, 7) is 0.452. The van der Waals surface area contributed by atoms with Gasteiger partial charge in [0.1, 0.15) is 11.4 Å². The van der Waals surface area contributed by atoms with Crippen LogP contribution in [-0.4, -0.2) is 26.8 Å². The molecule has 0 radical (unpaired) electrons. The molecule has 0 fully saturated rings. The summed E-state index contributed by atoms with van der Waals surface area (Å²) in [5.74, 6) is 0.615. The first kappa shape index (κ1) is 17.9. The van der Waals surface area contributed by atoms with Crippen LogP contribution < -0.4 is 5.32 Å².